The number of ether oxygens (including phenoxy) is 2. The maximum absolute atomic E-state index is 12.4. The van der Waals surface area contributed by atoms with Gasteiger partial charge in [-0.2, -0.15) is 5.26 Å². The molecule has 3 aromatic rings. The van der Waals surface area contributed by atoms with Gasteiger partial charge in [-0.3, -0.25) is 9.59 Å². The summed E-state index contributed by atoms with van der Waals surface area (Å²) in [6.45, 7) is 12.6. The molecule has 0 aromatic carbocycles. The van der Waals surface area contributed by atoms with Gasteiger partial charge in [-0.15, -0.1) is 0 Å². The molecule has 10 heteroatoms. The Hall–Kier alpha value is -4.74. The van der Waals surface area contributed by atoms with Gasteiger partial charge >= 0.3 is 11.9 Å². The van der Waals surface area contributed by atoms with Gasteiger partial charge in [0.1, 0.15) is 0 Å². The zero-order valence-corrected chi connectivity index (χ0v) is 30.4. The van der Waals surface area contributed by atoms with Crippen LogP contribution in [0.25, 0.3) is 50.4 Å². The summed E-state index contributed by atoms with van der Waals surface area (Å²) in [6, 6.07) is 8.46. The van der Waals surface area contributed by atoms with E-state index in [1.165, 1.54) is 37.0 Å². The Labute approximate surface area is 297 Å². The van der Waals surface area contributed by atoms with Crippen LogP contribution in [0.3, 0.4) is 0 Å². The van der Waals surface area contributed by atoms with Crippen molar-refractivity contribution in [3.05, 3.63) is 74.9 Å². The number of esters is 2. The van der Waals surface area contributed by atoms with Crippen LogP contribution in [-0.4, -0.2) is 46.1 Å². The summed E-state index contributed by atoms with van der Waals surface area (Å²) in [5.41, 5.74) is 15.9. The average molecular weight is 704 g/mol. The molecule has 0 saturated carbocycles. The number of carbonyl (C=O) groups excluding carboxylic acids is 2. The van der Waals surface area contributed by atoms with Gasteiger partial charge in [0.05, 0.1) is 43.1 Å². The smallest absolute Gasteiger partial charge is 0.305 e. The Bertz CT molecular complexity index is 2120. The minimum absolute atomic E-state index is 0. The van der Waals surface area contributed by atoms with Gasteiger partial charge in [-0.25, -0.2) is 9.97 Å². The zero-order valence-electron chi connectivity index (χ0n) is 29.4. The van der Waals surface area contributed by atoms with Crippen molar-refractivity contribution < 1.29 is 35.6 Å². The molecule has 8 bridgehead atoms. The van der Waals surface area contributed by atoms with E-state index in [0.29, 0.717) is 29.8 Å². The number of nitrogens with zero attached hydrogens (tertiary/aromatic N) is 3. The molecule has 0 radical (unpaired) electrons. The van der Waals surface area contributed by atoms with Gasteiger partial charge in [-0.1, -0.05) is 13.8 Å². The molecule has 9 nitrogen and oxygen atoms in total. The number of rotatable bonds is 9. The summed E-state index contributed by atoms with van der Waals surface area (Å²) in [5, 5.41) is 9.68. The Morgan fingerprint density at radius 2 is 1.18 bits per heavy atom. The van der Waals surface area contributed by atoms with E-state index in [0.717, 1.165) is 74.2 Å². The molecule has 5 heterocycles. The number of hydrogen-bond acceptors (Lipinski definition) is 7. The molecule has 3 aromatic heterocycles. The van der Waals surface area contributed by atoms with Gasteiger partial charge in [0.2, 0.25) is 0 Å². The standard InChI is InChI=1S/C39H43N5O4.Ni/c1-9-25-21(3)30-18-32-23(5)27(13-15-36(45)47-7)38(43-32)29(12-11-17-40)39-28(14-16-37(46)48-8)24(6)33(44-39)20-35-26(10-2)22(4)31(42-35)19-34(25)41-30;/h11-12,18-20,41-42H,9-10,13-16H2,1-8H3;. The van der Waals surface area contributed by atoms with Crippen molar-refractivity contribution >= 4 is 62.4 Å². The molecule has 5 rings (SSSR count). The average Bonchev–Trinajstić information content (AvgIpc) is 3.75. The van der Waals surface area contributed by atoms with E-state index in [4.69, 9.17) is 19.4 Å². The molecule has 0 saturated heterocycles. The maximum Gasteiger partial charge on any atom is 0.305 e. The van der Waals surface area contributed by atoms with Crippen LogP contribution < -0.4 is 0 Å². The minimum Gasteiger partial charge on any atom is -0.469 e. The van der Waals surface area contributed by atoms with Crippen molar-refractivity contribution in [2.75, 3.05) is 14.2 Å². The van der Waals surface area contributed by atoms with Crippen LogP contribution in [0, 0.1) is 25.2 Å². The van der Waals surface area contributed by atoms with Gasteiger partial charge in [0.15, 0.2) is 0 Å². The van der Waals surface area contributed by atoms with Crippen molar-refractivity contribution in [3.63, 3.8) is 0 Å². The minimum atomic E-state index is -0.322. The molecule has 0 atom stereocenters. The predicted molar refractivity (Wildman–Crippen MR) is 191 cm³/mol. The molecule has 2 N–H and O–H groups in total. The second-order valence-corrected chi connectivity index (χ2v) is 12.2. The molecular formula is C39H43N5NiO4. The Morgan fingerprint density at radius 3 is 1.61 bits per heavy atom. The number of carbonyl (C=O) groups is 2. The van der Waals surface area contributed by atoms with E-state index in [1.807, 2.05) is 13.8 Å². The number of aryl methyl sites for hydroxylation is 4. The van der Waals surface area contributed by atoms with Gasteiger partial charge < -0.3 is 19.4 Å². The first-order valence-electron chi connectivity index (χ1n) is 16.4. The third kappa shape index (κ3) is 7.18. The topological polar surface area (TPSA) is 134 Å². The molecule has 258 valence electrons. The number of aromatic amines is 2. The number of allylic oxidation sites excluding steroid dienone is 5. The number of aromatic nitrogens is 4. The van der Waals surface area contributed by atoms with Crippen molar-refractivity contribution in [3.8, 4) is 6.07 Å². The normalized spacial score (nSPS) is 12.7. The second kappa shape index (κ2) is 15.7. The van der Waals surface area contributed by atoms with Gasteiger partial charge in [-0.05, 0) is 122 Å². The molecule has 0 unspecified atom stereocenters. The predicted octanol–water partition coefficient (Wildman–Crippen LogP) is 8.36. The van der Waals surface area contributed by atoms with Crippen molar-refractivity contribution in [2.45, 2.75) is 80.1 Å². The second-order valence-electron chi connectivity index (χ2n) is 12.2. The van der Waals surface area contributed by atoms with Crippen LogP contribution in [0.4, 0.5) is 0 Å². The molecule has 2 aliphatic heterocycles. The van der Waals surface area contributed by atoms with Crippen molar-refractivity contribution in [2.24, 2.45) is 0 Å². The SMILES string of the molecule is CCc1c(C)c2cc3[nH]c(cc4nc(c(C=CC#N)c5nc(cc1[nH]2)C(C)=C5CCC(=O)OC)C(CCC(=O)OC)=C4C)c(C)c3CC.[Ni]. The number of hydrogen-bond donors (Lipinski definition) is 2. The molecule has 49 heavy (non-hydrogen) atoms. The monoisotopic (exact) mass is 703 g/mol. The Morgan fingerprint density at radius 1 is 0.755 bits per heavy atom. The molecule has 0 spiro atoms. The summed E-state index contributed by atoms with van der Waals surface area (Å²) in [7, 11) is 2.76. The fraction of sp³-hybridized carbons (Fsp3) is 0.359. The zero-order chi connectivity index (χ0) is 34.7. The Balaban J connectivity index is 0.00000541. The van der Waals surface area contributed by atoms with Crippen molar-refractivity contribution in [1.29, 1.82) is 5.26 Å². The van der Waals surface area contributed by atoms with Gasteiger partial charge in [0.25, 0.3) is 0 Å². The van der Waals surface area contributed by atoms with Crippen LogP contribution in [0.1, 0.15) is 104 Å². The number of H-pyrrole nitrogens is 2. The van der Waals surface area contributed by atoms with Crippen LogP contribution in [0.15, 0.2) is 24.3 Å². The first kappa shape index (κ1) is 37.1. The van der Waals surface area contributed by atoms with E-state index in [2.05, 4.69) is 61.9 Å². The molecular weight excluding hydrogens is 661 g/mol. The first-order valence-corrected chi connectivity index (χ1v) is 16.4. The number of methoxy groups -OCH3 is 2. The van der Waals surface area contributed by atoms with E-state index in [1.54, 1.807) is 6.08 Å². The van der Waals surface area contributed by atoms with Gasteiger partial charge in [0, 0.05) is 63.0 Å². The van der Waals surface area contributed by atoms with Crippen LogP contribution in [0.5, 0.6) is 0 Å². The van der Waals surface area contributed by atoms with Crippen LogP contribution >= 0.6 is 0 Å². The van der Waals surface area contributed by atoms with E-state index < -0.39 is 0 Å². The number of nitriles is 1. The van der Waals surface area contributed by atoms with Crippen LogP contribution in [-0.2, 0) is 48.4 Å². The molecule has 0 fully saturated rings. The molecule has 0 amide bonds. The summed E-state index contributed by atoms with van der Waals surface area (Å²) in [4.78, 5) is 42.5. The third-order valence-corrected chi connectivity index (χ3v) is 9.62. The van der Waals surface area contributed by atoms with Crippen LogP contribution in [0.2, 0.25) is 0 Å². The molecule has 2 aliphatic rings. The first-order chi connectivity index (χ1) is 23.1. The fourth-order valence-electron chi connectivity index (χ4n) is 6.82. The summed E-state index contributed by atoms with van der Waals surface area (Å²) < 4.78 is 9.99. The number of fused-ring (bicyclic) bond motifs is 8. The van der Waals surface area contributed by atoms with Crippen molar-refractivity contribution in [1.82, 2.24) is 19.9 Å². The van der Waals surface area contributed by atoms with E-state index in [-0.39, 0.29) is 41.3 Å². The maximum atomic E-state index is 12.4. The summed E-state index contributed by atoms with van der Waals surface area (Å²) in [6.07, 6.45) is 5.96. The fourth-order valence-corrected chi connectivity index (χ4v) is 6.82. The largest absolute Gasteiger partial charge is 0.469 e. The Kier molecular flexibility index (Phi) is 11.8. The van der Waals surface area contributed by atoms with E-state index in [9.17, 15) is 14.9 Å². The van der Waals surface area contributed by atoms with E-state index >= 15 is 0 Å². The summed E-state index contributed by atoms with van der Waals surface area (Å²) in [5.74, 6) is -0.643. The molecule has 0 aliphatic carbocycles. The third-order valence-electron chi connectivity index (χ3n) is 9.62. The number of nitrogens with one attached hydrogen (secondary N) is 2. The quantitative estimate of drug-likeness (QED) is 0.130. The summed E-state index contributed by atoms with van der Waals surface area (Å²) >= 11 is 0.